The van der Waals surface area contributed by atoms with Crippen LogP contribution < -0.4 is 10.6 Å². The van der Waals surface area contributed by atoms with E-state index in [0.717, 1.165) is 17.0 Å². The largest absolute Gasteiger partial charge is 0.460 e. The molecule has 8 nitrogen and oxygen atoms in total. The molecule has 0 unspecified atom stereocenters. The molecule has 3 aromatic heterocycles. The van der Waals surface area contributed by atoms with Gasteiger partial charge in [0.15, 0.2) is 11.5 Å². The van der Waals surface area contributed by atoms with Crippen molar-refractivity contribution in [2.45, 2.75) is 13.5 Å². The molecular formula is C27H22N4O4. The molecule has 35 heavy (non-hydrogen) atoms. The Hall–Kier alpha value is -4.85. The number of furan rings is 2. The van der Waals surface area contributed by atoms with Crippen LogP contribution in [0, 0.1) is 6.92 Å². The SMILES string of the molecule is Cc1ccc(-c2nn(-c3ccccc3)cc2C(=O)NCc2ccc(NC(=O)c3ccco3)cc2)o1. The first-order chi connectivity index (χ1) is 17.1. The lowest BCUT2D eigenvalue weighted by atomic mass is 10.1. The summed E-state index contributed by atoms with van der Waals surface area (Å²) in [5.41, 5.74) is 3.21. The van der Waals surface area contributed by atoms with Gasteiger partial charge in [-0.15, -0.1) is 0 Å². The van der Waals surface area contributed by atoms with Crippen molar-refractivity contribution in [1.82, 2.24) is 15.1 Å². The molecule has 3 heterocycles. The lowest BCUT2D eigenvalue weighted by Crippen LogP contribution is -2.23. The fourth-order valence-corrected chi connectivity index (χ4v) is 3.58. The molecule has 0 spiro atoms. The standard InChI is InChI=1S/C27H22N4O4/c1-18-9-14-23(35-18)25-22(17-31(30-25)21-6-3-2-4-7-21)26(32)28-16-19-10-12-20(13-11-19)29-27(33)24-8-5-15-34-24/h2-15,17H,16H2,1H3,(H,28,32)(H,29,33). The number of nitrogens with zero attached hydrogens (tertiary/aromatic N) is 2. The number of hydrogen-bond donors (Lipinski definition) is 2. The minimum absolute atomic E-state index is 0.236. The summed E-state index contributed by atoms with van der Waals surface area (Å²) in [4.78, 5) is 25.2. The lowest BCUT2D eigenvalue weighted by molar-refractivity contribution is 0.0950. The predicted octanol–water partition coefficient (Wildman–Crippen LogP) is 5.22. The molecule has 0 bridgehead atoms. The Morgan fingerprint density at radius 1 is 0.914 bits per heavy atom. The Morgan fingerprint density at radius 3 is 2.40 bits per heavy atom. The quantitative estimate of drug-likeness (QED) is 0.343. The summed E-state index contributed by atoms with van der Waals surface area (Å²) in [6.45, 7) is 2.15. The van der Waals surface area contributed by atoms with Gasteiger partial charge in [0.2, 0.25) is 0 Å². The van der Waals surface area contributed by atoms with Gasteiger partial charge in [0, 0.05) is 18.4 Å². The van der Waals surface area contributed by atoms with E-state index in [1.54, 1.807) is 41.2 Å². The minimum atomic E-state index is -0.327. The predicted molar refractivity (Wildman–Crippen MR) is 130 cm³/mol. The number of hydrogen-bond acceptors (Lipinski definition) is 5. The Labute approximate surface area is 201 Å². The van der Waals surface area contributed by atoms with Crippen LogP contribution in [0.25, 0.3) is 17.1 Å². The number of carbonyl (C=O) groups is 2. The maximum absolute atomic E-state index is 13.1. The Balaban J connectivity index is 1.30. The van der Waals surface area contributed by atoms with Crippen molar-refractivity contribution in [2.24, 2.45) is 0 Å². The van der Waals surface area contributed by atoms with Crippen LogP contribution in [-0.4, -0.2) is 21.6 Å². The number of nitrogens with one attached hydrogen (secondary N) is 2. The maximum Gasteiger partial charge on any atom is 0.291 e. The average Bonchev–Trinajstić information content (AvgIpc) is 3.65. The highest BCUT2D eigenvalue weighted by atomic mass is 16.3. The van der Waals surface area contributed by atoms with E-state index in [1.807, 2.05) is 55.5 Å². The van der Waals surface area contributed by atoms with Crippen LogP contribution in [0.2, 0.25) is 0 Å². The van der Waals surface area contributed by atoms with E-state index < -0.39 is 0 Å². The van der Waals surface area contributed by atoms with Crippen LogP contribution in [0.3, 0.4) is 0 Å². The zero-order valence-electron chi connectivity index (χ0n) is 18.9. The Morgan fingerprint density at radius 2 is 1.71 bits per heavy atom. The normalized spacial score (nSPS) is 10.8. The molecule has 2 amide bonds. The van der Waals surface area contributed by atoms with Crippen LogP contribution in [0.5, 0.6) is 0 Å². The molecule has 0 aliphatic rings. The number of rotatable bonds is 7. The van der Waals surface area contributed by atoms with Crippen LogP contribution in [-0.2, 0) is 6.54 Å². The smallest absolute Gasteiger partial charge is 0.291 e. The first-order valence-electron chi connectivity index (χ1n) is 11.0. The van der Waals surface area contributed by atoms with Crippen molar-refractivity contribution in [1.29, 1.82) is 0 Å². The number of aryl methyl sites for hydroxylation is 1. The van der Waals surface area contributed by atoms with Gasteiger partial charge in [0.05, 0.1) is 17.5 Å². The van der Waals surface area contributed by atoms with Crippen molar-refractivity contribution < 1.29 is 18.4 Å². The summed E-state index contributed by atoms with van der Waals surface area (Å²) in [5, 5.41) is 10.3. The van der Waals surface area contributed by atoms with E-state index in [0.29, 0.717) is 29.2 Å². The molecule has 0 aliphatic heterocycles. The summed E-state index contributed by atoms with van der Waals surface area (Å²) >= 11 is 0. The third-order valence-electron chi connectivity index (χ3n) is 5.36. The van der Waals surface area contributed by atoms with Gasteiger partial charge >= 0.3 is 0 Å². The third kappa shape index (κ3) is 4.91. The van der Waals surface area contributed by atoms with Crippen LogP contribution in [0.15, 0.2) is 100 Å². The van der Waals surface area contributed by atoms with Gasteiger partial charge in [-0.1, -0.05) is 30.3 Å². The Kier molecular flexibility index (Phi) is 6.00. The molecular weight excluding hydrogens is 444 g/mol. The summed E-state index contributed by atoms with van der Waals surface area (Å²) in [5.74, 6) is 0.900. The topological polar surface area (TPSA) is 102 Å². The Bertz CT molecular complexity index is 1450. The molecule has 8 heteroatoms. The lowest BCUT2D eigenvalue weighted by Gasteiger charge is -2.07. The zero-order chi connectivity index (χ0) is 24.2. The highest BCUT2D eigenvalue weighted by Gasteiger charge is 2.21. The van der Waals surface area contributed by atoms with Crippen LogP contribution in [0.4, 0.5) is 5.69 Å². The summed E-state index contributed by atoms with van der Waals surface area (Å²) in [6, 6.07) is 23.7. The third-order valence-corrected chi connectivity index (χ3v) is 5.36. The summed E-state index contributed by atoms with van der Waals surface area (Å²) < 4.78 is 12.5. The van der Waals surface area contributed by atoms with E-state index in [1.165, 1.54) is 6.26 Å². The number of anilines is 1. The van der Waals surface area contributed by atoms with Gasteiger partial charge in [0.25, 0.3) is 11.8 Å². The van der Waals surface area contributed by atoms with E-state index in [4.69, 9.17) is 8.83 Å². The fraction of sp³-hybridized carbons (Fsp3) is 0.0741. The molecule has 2 N–H and O–H groups in total. The zero-order valence-corrected chi connectivity index (χ0v) is 18.9. The van der Waals surface area contributed by atoms with Gasteiger partial charge in [-0.05, 0) is 61.0 Å². The first-order valence-corrected chi connectivity index (χ1v) is 11.0. The number of benzene rings is 2. The molecule has 5 rings (SSSR count). The van der Waals surface area contributed by atoms with Gasteiger partial charge in [-0.3, -0.25) is 9.59 Å². The highest BCUT2D eigenvalue weighted by Crippen LogP contribution is 2.26. The number of para-hydroxylation sites is 1. The minimum Gasteiger partial charge on any atom is -0.460 e. The molecule has 0 saturated carbocycles. The van der Waals surface area contributed by atoms with E-state index in [2.05, 4.69) is 15.7 Å². The van der Waals surface area contributed by atoms with Gasteiger partial charge in [-0.2, -0.15) is 5.10 Å². The second-order valence-electron chi connectivity index (χ2n) is 7.89. The van der Waals surface area contributed by atoms with Crippen molar-refractivity contribution >= 4 is 17.5 Å². The van der Waals surface area contributed by atoms with Crippen molar-refractivity contribution in [3.8, 4) is 17.1 Å². The molecule has 2 aromatic carbocycles. The van der Waals surface area contributed by atoms with Gasteiger partial charge in [0.1, 0.15) is 11.5 Å². The molecule has 0 fully saturated rings. The maximum atomic E-state index is 13.1. The number of amides is 2. The van der Waals surface area contributed by atoms with E-state index in [9.17, 15) is 9.59 Å². The van der Waals surface area contributed by atoms with Crippen LogP contribution in [0.1, 0.15) is 32.2 Å². The fourth-order valence-electron chi connectivity index (χ4n) is 3.58. The van der Waals surface area contributed by atoms with Crippen molar-refractivity contribution in [3.05, 3.63) is 114 Å². The van der Waals surface area contributed by atoms with E-state index in [-0.39, 0.29) is 17.6 Å². The van der Waals surface area contributed by atoms with Crippen molar-refractivity contribution in [2.75, 3.05) is 5.32 Å². The molecule has 0 saturated heterocycles. The number of aromatic nitrogens is 2. The highest BCUT2D eigenvalue weighted by molar-refractivity contribution is 6.02. The van der Waals surface area contributed by atoms with Crippen LogP contribution >= 0.6 is 0 Å². The summed E-state index contributed by atoms with van der Waals surface area (Å²) in [7, 11) is 0. The molecule has 0 aliphatic carbocycles. The summed E-state index contributed by atoms with van der Waals surface area (Å²) in [6.07, 6.45) is 3.15. The monoisotopic (exact) mass is 466 g/mol. The van der Waals surface area contributed by atoms with Gasteiger partial charge < -0.3 is 19.5 Å². The first kappa shape index (κ1) is 22.0. The van der Waals surface area contributed by atoms with Crippen molar-refractivity contribution in [3.63, 3.8) is 0 Å². The number of carbonyl (C=O) groups excluding carboxylic acids is 2. The molecule has 5 aromatic rings. The second-order valence-corrected chi connectivity index (χ2v) is 7.89. The molecule has 0 radical (unpaired) electrons. The average molecular weight is 466 g/mol. The second kappa shape index (κ2) is 9.56. The van der Waals surface area contributed by atoms with E-state index >= 15 is 0 Å². The molecule has 0 atom stereocenters. The van der Waals surface area contributed by atoms with Gasteiger partial charge in [-0.25, -0.2) is 4.68 Å². The molecule has 174 valence electrons.